The zero-order valence-corrected chi connectivity index (χ0v) is 16.6. The number of fused-ring (bicyclic) bond motifs is 3. The summed E-state index contributed by atoms with van der Waals surface area (Å²) in [5.41, 5.74) is 3.43. The summed E-state index contributed by atoms with van der Waals surface area (Å²) >= 11 is 3.42. The van der Waals surface area contributed by atoms with Crippen LogP contribution in [0.25, 0.3) is 6.08 Å². The summed E-state index contributed by atoms with van der Waals surface area (Å²) in [5, 5.41) is 0. The van der Waals surface area contributed by atoms with E-state index in [4.69, 9.17) is 9.47 Å². The molecule has 26 heavy (non-hydrogen) atoms. The third-order valence-corrected chi connectivity index (χ3v) is 5.38. The summed E-state index contributed by atoms with van der Waals surface area (Å²) in [6.07, 6.45) is 1.80. The van der Waals surface area contributed by atoms with Crippen LogP contribution in [0.1, 0.15) is 40.9 Å². The Labute approximate surface area is 161 Å². The van der Waals surface area contributed by atoms with Crippen LogP contribution < -0.4 is 9.47 Å². The van der Waals surface area contributed by atoms with E-state index in [1.165, 1.54) is 0 Å². The Morgan fingerprint density at radius 3 is 2.65 bits per heavy atom. The van der Waals surface area contributed by atoms with E-state index in [2.05, 4.69) is 34.7 Å². The van der Waals surface area contributed by atoms with Crippen molar-refractivity contribution in [2.75, 3.05) is 6.73 Å². The van der Waals surface area contributed by atoms with Crippen LogP contribution in [0.3, 0.4) is 0 Å². The number of carbonyl (C=O) groups excluding carboxylic acids is 1. The Morgan fingerprint density at radius 1 is 1.23 bits per heavy atom. The van der Waals surface area contributed by atoms with Gasteiger partial charge in [-0.1, -0.05) is 28.1 Å². The summed E-state index contributed by atoms with van der Waals surface area (Å²) in [6.45, 7) is 7.47. The van der Waals surface area contributed by atoms with Gasteiger partial charge in [0, 0.05) is 17.1 Å². The Kier molecular flexibility index (Phi) is 4.37. The molecule has 0 N–H and O–H groups in total. The molecule has 2 aromatic rings. The van der Waals surface area contributed by atoms with E-state index in [0.717, 1.165) is 26.9 Å². The molecule has 4 nitrogen and oxygen atoms in total. The van der Waals surface area contributed by atoms with Crippen molar-refractivity contribution >= 4 is 27.8 Å². The third kappa shape index (κ3) is 2.95. The number of halogens is 1. The number of rotatable bonds is 2. The van der Waals surface area contributed by atoms with Crippen molar-refractivity contribution < 1.29 is 14.3 Å². The highest BCUT2D eigenvalue weighted by Gasteiger charge is 2.35. The fourth-order valence-electron chi connectivity index (χ4n) is 3.29. The number of ether oxygens (including phenoxy) is 2. The van der Waals surface area contributed by atoms with Crippen LogP contribution in [-0.4, -0.2) is 23.5 Å². The lowest BCUT2D eigenvalue weighted by Gasteiger charge is -2.32. The minimum Gasteiger partial charge on any atom is -0.478 e. The summed E-state index contributed by atoms with van der Waals surface area (Å²) in [6, 6.07) is 10.1. The molecule has 0 saturated heterocycles. The van der Waals surface area contributed by atoms with Crippen molar-refractivity contribution in [2.24, 2.45) is 0 Å². The predicted molar refractivity (Wildman–Crippen MR) is 104 cm³/mol. The molecular formula is C21H20BrNO3. The van der Waals surface area contributed by atoms with Crippen molar-refractivity contribution in [3.05, 3.63) is 62.8 Å². The number of aryl methyl sites for hydroxylation is 1. The molecular weight excluding hydrogens is 394 g/mol. The van der Waals surface area contributed by atoms with E-state index in [1.54, 1.807) is 6.08 Å². The molecule has 0 aromatic heterocycles. The summed E-state index contributed by atoms with van der Waals surface area (Å²) in [5.74, 6) is 1.76. The summed E-state index contributed by atoms with van der Waals surface area (Å²) in [7, 11) is 0. The standard InChI is InChI=1S/C21H20BrNO3/c1-12(2)23-10-16-17(25-11-23)8-13(3)19-20(24)18(26-21(16)19)9-14-4-6-15(22)7-5-14/h4-9,12H,10-11H2,1-3H3/b18-9-. The van der Waals surface area contributed by atoms with Gasteiger partial charge in [-0.05, 0) is 56.2 Å². The average molecular weight is 414 g/mol. The van der Waals surface area contributed by atoms with Crippen LogP contribution in [0.4, 0.5) is 0 Å². The van der Waals surface area contributed by atoms with Crippen molar-refractivity contribution in [1.82, 2.24) is 4.90 Å². The lowest BCUT2D eigenvalue weighted by atomic mass is 9.98. The second kappa shape index (κ2) is 6.56. The van der Waals surface area contributed by atoms with Crippen LogP contribution in [0, 0.1) is 6.92 Å². The van der Waals surface area contributed by atoms with E-state index in [9.17, 15) is 4.79 Å². The first kappa shape index (κ1) is 17.3. The second-order valence-corrected chi connectivity index (χ2v) is 7.90. The SMILES string of the molecule is Cc1cc2c(c3c1C(=O)/C(=C/c1ccc(Br)cc1)O3)CN(C(C)C)CO2. The monoisotopic (exact) mass is 413 g/mol. The van der Waals surface area contributed by atoms with Gasteiger partial charge < -0.3 is 9.47 Å². The van der Waals surface area contributed by atoms with Gasteiger partial charge in [0.2, 0.25) is 5.78 Å². The smallest absolute Gasteiger partial charge is 0.232 e. The van der Waals surface area contributed by atoms with E-state index in [0.29, 0.717) is 36.4 Å². The largest absolute Gasteiger partial charge is 0.478 e. The van der Waals surface area contributed by atoms with Crippen LogP contribution in [0.15, 0.2) is 40.6 Å². The molecule has 0 fully saturated rings. The molecule has 0 amide bonds. The first-order chi connectivity index (χ1) is 12.4. The molecule has 0 spiro atoms. The highest BCUT2D eigenvalue weighted by Crippen LogP contribution is 2.44. The molecule has 0 unspecified atom stereocenters. The van der Waals surface area contributed by atoms with Gasteiger partial charge in [0.15, 0.2) is 5.76 Å². The van der Waals surface area contributed by atoms with Gasteiger partial charge >= 0.3 is 0 Å². The summed E-state index contributed by atoms with van der Waals surface area (Å²) < 4.78 is 13.0. The number of hydrogen-bond acceptors (Lipinski definition) is 4. The molecule has 2 aliphatic heterocycles. The molecule has 2 aliphatic rings. The highest BCUT2D eigenvalue weighted by molar-refractivity contribution is 9.10. The topological polar surface area (TPSA) is 38.8 Å². The highest BCUT2D eigenvalue weighted by atomic mass is 79.9. The van der Waals surface area contributed by atoms with Crippen molar-refractivity contribution in [3.8, 4) is 11.5 Å². The first-order valence-corrected chi connectivity index (χ1v) is 9.46. The van der Waals surface area contributed by atoms with E-state index >= 15 is 0 Å². The zero-order chi connectivity index (χ0) is 18.4. The maximum atomic E-state index is 12.9. The van der Waals surface area contributed by atoms with Crippen molar-refractivity contribution in [2.45, 2.75) is 33.4 Å². The Bertz CT molecular complexity index is 916. The van der Waals surface area contributed by atoms with E-state index in [1.807, 2.05) is 37.3 Å². The molecule has 134 valence electrons. The predicted octanol–water partition coefficient (Wildman–Crippen LogP) is 4.93. The molecule has 0 saturated carbocycles. The van der Waals surface area contributed by atoms with Crippen LogP contribution >= 0.6 is 15.9 Å². The number of hydrogen-bond donors (Lipinski definition) is 0. The van der Waals surface area contributed by atoms with Crippen molar-refractivity contribution in [3.63, 3.8) is 0 Å². The van der Waals surface area contributed by atoms with Crippen molar-refractivity contribution in [1.29, 1.82) is 0 Å². The zero-order valence-electron chi connectivity index (χ0n) is 15.0. The van der Waals surface area contributed by atoms with E-state index in [-0.39, 0.29) is 5.78 Å². The normalized spacial score (nSPS) is 17.9. The van der Waals surface area contributed by atoms with Gasteiger partial charge in [-0.3, -0.25) is 9.69 Å². The van der Waals surface area contributed by atoms with E-state index < -0.39 is 0 Å². The fourth-order valence-corrected chi connectivity index (χ4v) is 3.55. The first-order valence-electron chi connectivity index (χ1n) is 8.67. The minimum atomic E-state index is -0.0649. The number of allylic oxidation sites excluding steroid dienone is 1. The molecule has 0 radical (unpaired) electrons. The maximum absolute atomic E-state index is 12.9. The molecule has 0 atom stereocenters. The fraction of sp³-hybridized carbons (Fsp3) is 0.286. The Hall–Kier alpha value is -2.11. The van der Waals surface area contributed by atoms with Gasteiger partial charge in [0.05, 0.1) is 11.1 Å². The molecule has 0 aliphatic carbocycles. The van der Waals surface area contributed by atoms with Gasteiger partial charge in [-0.25, -0.2) is 0 Å². The number of ketones is 1. The average Bonchev–Trinajstić information content (AvgIpc) is 2.94. The lowest BCUT2D eigenvalue weighted by Crippen LogP contribution is -2.37. The molecule has 4 rings (SSSR count). The molecule has 2 heterocycles. The van der Waals surface area contributed by atoms with Gasteiger partial charge in [-0.15, -0.1) is 0 Å². The molecule has 2 aromatic carbocycles. The lowest BCUT2D eigenvalue weighted by molar-refractivity contribution is 0.0673. The Morgan fingerprint density at radius 2 is 1.96 bits per heavy atom. The minimum absolute atomic E-state index is 0.0649. The van der Waals surface area contributed by atoms with Crippen LogP contribution in [-0.2, 0) is 6.54 Å². The third-order valence-electron chi connectivity index (χ3n) is 4.85. The molecule has 0 bridgehead atoms. The van der Waals surface area contributed by atoms with Crippen LogP contribution in [0.5, 0.6) is 11.5 Å². The number of nitrogens with zero attached hydrogens (tertiary/aromatic N) is 1. The van der Waals surface area contributed by atoms with Crippen LogP contribution in [0.2, 0.25) is 0 Å². The van der Waals surface area contributed by atoms with Gasteiger partial charge in [-0.2, -0.15) is 0 Å². The second-order valence-electron chi connectivity index (χ2n) is 6.98. The Balaban J connectivity index is 1.75. The molecule has 5 heteroatoms. The maximum Gasteiger partial charge on any atom is 0.232 e. The quantitative estimate of drug-likeness (QED) is 0.653. The number of benzene rings is 2. The van der Waals surface area contributed by atoms with Gasteiger partial charge in [0.25, 0.3) is 0 Å². The van der Waals surface area contributed by atoms with Gasteiger partial charge in [0.1, 0.15) is 18.2 Å². The number of carbonyl (C=O) groups is 1. The summed E-state index contributed by atoms with van der Waals surface area (Å²) in [4.78, 5) is 15.1. The number of Topliss-reactive ketones (excluding diaryl/α,β-unsaturated/α-hetero) is 1.